The molecule has 1 aromatic heterocycles. The fraction of sp³-hybridized carbons (Fsp3) is 0.630. The number of hydrogen-bond donors (Lipinski definition) is 4. The van der Waals surface area contributed by atoms with E-state index in [0.29, 0.717) is 12.5 Å². The van der Waals surface area contributed by atoms with Gasteiger partial charge in [-0.2, -0.15) is 0 Å². The van der Waals surface area contributed by atoms with E-state index < -0.39 is 47.2 Å². The van der Waals surface area contributed by atoms with Crippen molar-refractivity contribution in [3.8, 4) is 0 Å². The van der Waals surface area contributed by atoms with Gasteiger partial charge in [-0.05, 0) is 51.7 Å². The average Bonchev–Trinajstić information content (AvgIpc) is 2.86. The number of nitrogens with zero attached hydrogens (tertiary/aromatic N) is 1. The Kier molecular flexibility index (Phi) is 13.9. The van der Waals surface area contributed by atoms with E-state index in [1.54, 1.807) is 20.8 Å². The molecule has 13 heteroatoms. The monoisotopic (exact) mass is 565 g/mol. The molecule has 1 unspecified atom stereocenters. The Morgan fingerprint density at radius 3 is 2.23 bits per heavy atom. The maximum Gasteiger partial charge on any atom is 0.408 e. The number of carbonyl (C=O) groups is 5. The van der Waals surface area contributed by atoms with Crippen molar-refractivity contribution >= 4 is 35.5 Å². The number of alkyl carbamates (subject to hydrolysis) is 1. The molecule has 4 amide bonds. The van der Waals surface area contributed by atoms with Gasteiger partial charge in [-0.3, -0.25) is 24.0 Å². The maximum atomic E-state index is 13.2. The van der Waals surface area contributed by atoms with E-state index in [9.17, 15) is 28.8 Å². The first-order valence-electron chi connectivity index (χ1n) is 13.4. The van der Waals surface area contributed by atoms with Gasteiger partial charge in [0.1, 0.15) is 23.9 Å². The largest absolute Gasteiger partial charge is 0.452 e. The highest BCUT2D eigenvalue weighted by atomic mass is 16.6. The van der Waals surface area contributed by atoms with Crippen LogP contribution in [-0.4, -0.2) is 65.7 Å². The lowest BCUT2D eigenvalue weighted by Gasteiger charge is -2.24. The van der Waals surface area contributed by atoms with Crippen LogP contribution >= 0.6 is 0 Å². The molecule has 4 N–H and O–H groups in total. The van der Waals surface area contributed by atoms with E-state index in [1.807, 2.05) is 13.8 Å². The molecular formula is C27H43N5O8. The number of rotatable bonds is 14. The average molecular weight is 566 g/mol. The Morgan fingerprint density at radius 1 is 1.02 bits per heavy atom. The quantitative estimate of drug-likeness (QED) is 0.247. The second kappa shape index (κ2) is 16.3. The van der Waals surface area contributed by atoms with Crippen molar-refractivity contribution in [1.82, 2.24) is 20.5 Å². The number of ether oxygens (including phenoxy) is 2. The molecule has 0 spiro atoms. The van der Waals surface area contributed by atoms with Crippen molar-refractivity contribution in [3.05, 3.63) is 28.7 Å². The van der Waals surface area contributed by atoms with Gasteiger partial charge < -0.3 is 35.3 Å². The summed E-state index contributed by atoms with van der Waals surface area (Å²) in [6.45, 7) is 10.4. The summed E-state index contributed by atoms with van der Waals surface area (Å²) in [5.41, 5.74) is -1.58. The van der Waals surface area contributed by atoms with Crippen LogP contribution < -0.4 is 26.8 Å². The summed E-state index contributed by atoms with van der Waals surface area (Å²) in [5.74, 6) is -2.04. The lowest BCUT2D eigenvalue weighted by Crippen LogP contribution is -2.47. The van der Waals surface area contributed by atoms with Gasteiger partial charge in [0.15, 0.2) is 6.10 Å². The van der Waals surface area contributed by atoms with Gasteiger partial charge in [-0.1, -0.05) is 26.7 Å². The van der Waals surface area contributed by atoms with E-state index in [1.165, 1.54) is 25.4 Å². The van der Waals surface area contributed by atoms with Crippen LogP contribution in [0.15, 0.2) is 23.1 Å². The van der Waals surface area contributed by atoms with Gasteiger partial charge in [0.2, 0.25) is 11.8 Å². The molecule has 13 nitrogen and oxygen atoms in total. The molecule has 0 bridgehead atoms. The molecule has 0 radical (unpaired) electrons. The molecule has 1 heterocycles. The van der Waals surface area contributed by atoms with Crippen molar-refractivity contribution in [2.75, 3.05) is 18.9 Å². The Bertz CT molecular complexity index is 1090. The molecule has 0 aliphatic rings. The molecule has 1 rings (SSSR count). The number of hydrogen-bond acceptors (Lipinski definition) is 8. The minimum atomic E-state index is -1.26. The second-order valence-electron chi connectivity index (χ2n) is 10.3. The molecule has 0 saturated carbocycles. The summed E-state index contributed by atoms with van der Waals surface area (Å²) >= 11 is 0. The standard InChI is InChI=1S/C27H43N5O8/c1-8-18(9-2)15-29-22(34)16-32-14-10-11-20(25(32)37)30-23(35)19(31-26(38)40-27(4,5)6)12-13-21(24(36)28-7)39-17(3)33/h10-11,14,18-19,21H,8-9,12-13,15-16H2,1-7H3,(H,28,36)(H,29,34)(H,30,35)(H,31,38)/t19-,21?/m0/s1. The molecule has 0 saturated heterocycles. The third-order valence-electron chi connectivity index (χ3n) is 5.91. The lowest BCUT2D eigenvalue weighted by molar-refractivity contribution is -0.154. The number of pyridine rings is 1. The van der Waals surface area contributed by atoms with E-state index >= 15 is 0 Å². The normalized spacial score (nSPS) is 12.6. The molecule has 0 aromatic carbocycles. The number of carbonyl (C=O) groups excluding carboxylic acids is 5. The van der Waals surface area contributed by atoms with E-state index in [-0.39, 0.29) is 31.0 Å². The molecule has 224 valence electrons. The van der Waals surface area contributed by atoms with Crippen LogP contribution in [0, 0.1) is 5.92 Å². The Morgan fingerprint density at radius 2 is 1.68 bits per heavy atom. The van der Waals surface area contributed by atoms with Gasteiger partial charge in [-0.25, -0.2) is 4.79 Å². The molecular weight excluding hydrogens is 522 g/mol. The van der Waals surface area contributed by atoms with Crippen LogP contribution in [0.2, 0.25) is 0 Å². The third kappa shape index (κ3) is 12.3. The molecule has 0 aliphatic carbocycles. The number of aromatic nitrogens is 1. The summed E-state index contributed by atoms with van der Waals surface area (Å²) in [7, 11) is 1.37. The van der Waals surface area contributed by atoms with Crippen LogP contribution in [0.3, 0.4) is 0 Å². The summed E-state index contributed by atoms with van der Waals surface area (Å²) in [6.07, 6.45) is 0.932. The topological polar surface area (TPSA) is 174 Å². The van der Waals surface area contributed by atoms with Crippen molar-refractivity contribution in [2.24, 2.45) is 5.92 Å². The first kappa shape index (κ1) is 34.1. The third-order valence-corrected chi connectivity index (χ3v) is 5.91. The minimum absolute atomic E-state index is 0.108. The Labute approximate surface area is 234 Å². The molecule has 0 fully saturated rings. The maximum absolute atomic E-state index is 13.2. The molecule has 40 heavy (non-hydrogen) atoms. The van der Waals surface area contributed by atoms with Crippen LogP contribution in [0.25, 0.3) is 0 Å². The van der Waals surface area contributed by atoms with Crippen LogP contribution in [-0.2, 0) is 35.2 Å². The van der Waals surface area contributed by atoms with Gasteiger partial charge in [0.25, 0.3) is 11.5 Å². The second-order valence-corrected chi connectivity index (χ2v) is 10.3. The van der Waals surface area contributed by atoms with Crippen LogP contribution in [0.1, 0.15) is 67.2 Å². The first-order valence-corrected chi connectivity index (χ1v) is 13.4. The van der Waals surface area contributed by atoms with Crippen LogP contribution in [0.4, 0.5) is 10.5 Å². The Hall–Kier alpha value is -3.90. The van der Waals surface area contributed by atoms with E-state index in [0.717, 1.165) is 24.3 Å². The predicted octanol–water partition coefficient (Wildman–Crippen LogP) is 1.69. The number of amides is 4. The summed E-state index contributed by atoms with van der Waals surface area (Å²) in [4.78, 5) is 74.6. The van der Waals surface area contributed by atoms with Crippen molar-refractivity contribution in [2.45, 2.75) is 91.5 Å². The molecule has 0 aliphatic heterocycles. The number of likely N-dealkylation sites (N-methyl/N-ethyl adjacent to an activating group) is 1. The highest BCUT2D eigenvalue weighted by Crippen LogP contribution is 2.12. The summed E-state index contributed by atoms with van der Waals surface area (Å²) in [6, 6.07) is 1.62. The summed E-state index contributed by atoms with van der Waals surface area (Å²) < 4.78 is 11.4. The zero-order valence-electron chi connectivity index (χ0n) is 24.4. The minimum Gasteiger partial charge on any atom is -0.452 e. The van der Waals surface area contributed by atoms with Gasteiger partial charge in [-0.15, -0.1) is 0 Å². The van der Waals surface area contributed by atoms with Crippen molar-refractivity contribution in [1.29, 1.82) is 0 Å². The van der Waals surface area contributed by atoms with Crippen molar-refractivity contribution < 1.29 is 33.4 Å². The molecule has 2 atom stereocenters. The van der Waals surface area contributed by atoms with Gasteiger partial charge in [0.05, 0.1) is 0 Å². The van der Waals surface area contributed by atoms with E-state index in [2.05, 4.69) is 21.3 Å². The highest BCUT2D eigenvalue weighted by Gasteiger charge is 2.29. The zero-order valence-corrected chi connectivity index (χ0v) is 24.4. The fourth-order valence-corrected chi connectivity index (χ4v) is 3.66. The lowest BCUT2D eigenvalue weighted by atomic mass is 10.0. The fourth-order valence-electron chi connectivity index (χ4n) is 3.66. The van der Waals surface area contributed by atoms with E-state index in [4.69, 9.17) is 9.47 Å². The van der Waals surface area contributed by atoms with Crippen molar-refractivity contribution in [3.63, 3.8) is 0 Å². The zero-order chi connectivity index (χ0) is 30.5. The number of nitrogens with one attached hydrogen (secondary N) is 4. The van der Waals surface area contributed by atoms with Crippen LogP contribution in [0.5, 0.6) is 0 Å². The summed E-state index contributed by atoms with van der Waals surface area (Å²) in [5, 5.41) is 10.1. The Balaban J connectivity index is 3.08. The number of anilines is 1. The predicted molar refractivity (Wildman–Crippen MR) is 148 cm³/mol. The SMILES string of the molecule is CCC(CC)CNC(=O)Cn1cccc(NC(=O)[C@H](CCC(OC(C)=O)C(=O)NC)NC(=O)OC(C)(C)C)c1=O. The number of esters is 1. The smallest absolute Gasteiger partial charge is 0.408 e. The highest BCUT2D eigenvalue weighted by molar-refractivity contribution is 5.96. The first-order chi connectivity index (χ1) is 18.7. The van der Waals surface area contributed by atoms with Gasteiger partial charge >= 0.3 is 12.1 Å². The molecule has 1 aromatic rings. The van der Waals surface area contributed by atoms with Gasteiger partial charge in [0, 0.05) is 26.7 Å².